The summed E-state index contributed by atoms with van der Waals surface area (Å²) < 4.78 is 17.9. The van der Waals surface area contributed by atoms with Crippen molar-refractivity contribution in [2.45, 2.75) is 70.9 Å². The Morgan fingerprint density at radius 1 is 1.29 bits per heavy atom. The third kappa shape index (κ3) is 3.30. The number of carbonyl (C=O) groups excluding carboxylic acids is 1. The van der Waals surface area contributed by atoms with Crippen LogP contribution in [0.15, 0.2) is 39.8 Å². The topological polar surface area (TPSA) is 119 Å². The van der Waals surface area contributed by atoms with Gasteiger partial charge in [-0.25, -0.2) is 4.79 Å². The zero-order valence-corrected chi connectivity index (χ0v) is 19.9. The number of rotatable bonds is 2. The molecule has 3 heterocycles. The Balaban J connectivity index is 1.67. The molecule has 3 aliphatic rings. The first-order valence-electron chi connectivity index (χ1n) is 11.9. The van der Waals surface area contributed by atoms with Crippen molar-refractivity contribution in [3.05, 3.63) is 46.6 Å². The van der Waals surface area contributed by atoms with Gasteiger partial charge in [-0.1, -0.05) is 13.8 Å². The van der Waals surface area contributed by atoms with Gasteiger partial charge in [-0.3, -0.25) is 9.78 Å². The van der Waals surface area contributed by atoms with Gasteiger partial charge in [-0.2, -0.15) is 0 Å². The van der Waals surface area contributed by atoms with Gasteiger partial charge in [0, 0.05) is 36.9 Å². The van der Waals surface area contributed by atoms with Crippen LogP contribution >= 0.6 is 0 Å². The van der Waals surface area contributed by atoms with Gasteiger partial charge in [0.25, 0.3) is 0 Å². The quantitative estimate of drug-likeness (QED) is 0.644. The molecular formula is C26H31NO7. The van der Waals surface area contributed by atoms with E-state index in [4.69, 9.17) is 13.9 Å². The summed E-state index contributed by atoms with van der Waals surface area (Å²) in [5.41, 5.74) is -1.50. The minimum absolute atomic E-state index is 0.0276. The predicted octanol–water partition coefficient (Wildman–Crippen LogP) is 3.25. The monoisotopic (exact) mass is 469 g/mol. The molecule has 0 saturated heterocycles. The van der Waals surface area contributed by atoms with Gasteiger partial charge in [0.1, 0.15) is 28.8 Å². The number of pyridine rings is 1. The first kappa shape index (κ1) is 23.1. The van der Waals surface area contributed by atoms with E-state index < -0.39 is 46.8 Å². The molecule has 182 valence electrons. The normalized spacial score (nSPS) is 38.6. The molecule has 0 radical (unpaired) electrons. The number of fused-ring (bicyclic) bond motifs is 4. The summed E-state index contributed by atoms with van der Waals surface area (Å²) in [5.74, 6) is -0.559. The van der Waals surface area contributed by atoms with Crippen LogP contribution in [-0.2, 0) is 9.53 Å². The van der Waals surface area contributed by atoms with Crippen LogP contribution in [0.4, 0.5) is 0 Å². The molecule has 0 aromatic carbocycles. The van der Waals surface area contributed by atoms with E-state index in [0.717, 1.165) is 0 Å². The van der Waals surface area contributed by atoms with Crippen LogP contribution in [0.3, 0.4) is 0 Å². The summed E-state index contributed by atoms with van der Waals surface area (Å²) in [6, 6.07) is 5.11. The van der Waals surface area contributed by atoms with Crippen molar-refractivity contribution in [3.8, 4) is 17.1 Å². The molecule has 8 heteroatoms. The van der Waals surface area contributed by atoms with Gasteiger partial charge in [0.2, 0.25) is 0 Å². The number of aromatic nitrogens is 1. The zero-order valence-electron chi connectivity index (χ0n) is 19.9. The molecule has 2 aromatic rings. The smallest absolute Gasteiger partial charge is 0.345 e. The van der Waals surface area contributed by atoms with E-state index in [1.165, 1.54) is 6.92 Å². The molecule has 2 aromatic heterocycles. The number of aliphatic hydroxyl groups excluding tert-OH is 2. The van der Waals surface area contributed by atoms with E-state index in [2.05, 4.69) is 11.9 Å². The summed E-state index contributed by atoms with van der Waals surface area (Å²) in [7, 11) is 0. The van der Waals surface area contributed by atoms with Crippen LogP contribution < -0.4 is 10.4 Å². The van der Waals surface area contributed by atoms with Gasteiger partial charge in [-0.05, 0) is 55.6 Å². The third-order valence-electron chi connectivity index (χ3n) is 8.65. The predicted molar refractivity (Wildman–Crippen MR) is 122 cm³/mol. The van der Waals surface area contributed by atoms with Gasteiger partial charge in [0.05, 0.1) is 12.2 Å². The maximum atomic E-state index is 13.1. The van der Waals surface area contributed by atoms with E-state index in [1.54, 1.807) is 30.6 Å². The highest BCUT2D eigenvalue weighted by Crippen LogP contribution is 2.64. The Kier molecular flexibility index (Phi) is 5.37. The third-order valence-corrected chi connectivity index (χ3v) is 8.65. The maximum absolute atomic E-state index is 13.1. The number of hydrogen-bond donors (Lipinski definition) is 2. The van der Waals surface area contributed by atoms with Crippen LogP contribution in [-0.4, -0.2) is 39.0 Å². The van der Waals surface area contributed by atoms with Crippen molar-refractivity contribution in [2.75, 3.05) is 0 Å². The molecule has 8 unspecified atom stereocenters. The lowest BCUT2D eigenvalue weighted by atomic mass is 9.46. The van der Waals surface area contributed by atoms with Crippen molar-refractivity contribution in [2.24, 2.45) is 23.2 Å². The largest absolute Gasteiger partial charge is 0.482 e. The van der Waals surface area contributed by atoms with E-state index in [0.29, 0.717) is 24.8 Å². The van der Waals surface area contributed by atoms with E-state index in [1.807, 2.05) is 13.8 Å². The summed E-state index contributed by atoms with van der Waals surface area (Å²) >= 11 is 0. The molecule has 8 nitrogen and oxygen atoms in total. The van der Waals surface area contributed by atoms with E-state index in [9.17, 15) is 19.8 Å². The van der Waals surface area contributed by atoms with Crippen LogP contribution in [0.2, 0.25) is 0 Å². The van der Waals surface area contributed by atoms with E-state index >= 15 is 0 Å². The van der Waals surface area contributed by atoms with Crippen LogP contribution in [0.1, 0.15) is 58.6 Å². The number of ether oxygens (including phenoxy) is 2. The fourth-order valence-corrected chi connectivity index (χ4v) is 7.02. The number of nitrogens with zero attached hydrogens (tertiary/aromatic N) is 1. The minimum atomic E-state index is -1.18. The fraction of sp³-hybridized carbons (Fsp3) is 0.577. The van der Waals surface area contributed by atoms with Crippen molar-refractivity contribution in [1.82, 2.24) is 4.98 Å². The molecule has 2 saturated carbocycles. The van der Waals surface area contributed by atoms with Crippen molar-refractivity contribution < 1.29 is 28.9 Å². The van der Waals surface area contributed by atoms with Gasteiger partial charge < -0.3 is 24.1 Å². The number of aliphatic hydroxyl groups is 2. The zero-order chi connectivity index (χ0) is 24.4. The summed E-state index contributed by atoms with van der Waals surface area (Å²) in [6.45, 7) is 7.30. The summed E-state index contributed by atoms with van der Waals surface area (Å²) in [6.07, 6.45) is 2.65. The first-order chi connectivity index (χ1) is 16.1. The molecule has 0 bridgehead atoms. The molecule has 2 fully saturated rings. The number of esters is 1. The second-order valence-electron chi connectivity index (χ2n) is 10.5. The minimum Gasteiger partial charge on any atom is -0.482 e. The molecule has 0 spiro atoms. The molecular weight excluding hydrogens is 438 g/mol. The first-order valence-corrected chi connectivity index (χ1v) is 11.9. The number of carbonyl (C=O) groups is 1. The molecule has 0 amide bonds. The second kappa shape index (κ2) is 7.92. The van der Waals surface area contributed by atoms with Crippen LogP contribution in [0, 0.1) is 23.2 Å². The second-order valence-corrected chi connectivity index (χ2v) is 10.5. The van der Waals surface area contributed by atoms with Crippen molar-refractivity contribution >= 4 is 5.97 Å². The molecule has 1 aliphatic heterocycles. The van der Waals surface area contributed by atoms with Crippen LogP contribution in [0.5, 0.6) is 5.75 Å². The van der Waals surface area contributed by atoms with Crippen molar-refractivity contribution in [3.63, 3.8) is 0 Å². The van der Waals surface area contributed by atoms with E-state index in [-0.39, 0.29) is 28.9 Å². The molecule has 2 aliphatic carbocycles. The molecule has 2 N–H and O–H groups in total. The highest BCUT2D eigenvalue weighted by Gasteiger charge is 2.67. The Hall–Kier alpha value is -2.71. The molecule has 34 heavy (non-hydrogen) atoms. The lowest BCUT2D eigenvalue weighted by molar-refractivity contribution is -0.248. The highest BCUT2D eigenvalue weighted by molar-refractivity contribution is 5.66. The summed E-state index contributed by atoms with van der Waals surface area (Å²) in [4.78, 5) is 29.3. The Morgan fingerprint density at radius 2 is 2.06 bits per heavy atom. The highest BCUT2D eigenvalue weighted by atomic mass is 16.6. The number of hydrogen-bond acceptors (Lipinski definition) is 8. The average molecular weight is 470 g/mol. The Bertz CT molecular complexity index is 1160. The van der Waals surface area contributed by atoms with Gasteiger partial charge in [-0.15, -0.1) is 0 Å². The fourth-order valence-electron chi connectivity index (χ4n) is 7.02. The van der Waals surface area contributed by atoms with Gasteiger partial charge in [0.15, 0.2) is 0 Å². The van der Waals surface area contributed by atoms with Crippen LogP contribution in [0.25, 0.3) is 11.3 Å². The molecule has 8 atom stereocenters. The van der Waals surface area contributed by atoms with Crippen molar-refractivity contribution in [1.29, 1.82) is 0 Å². The average Bonchev–Trinajstić information content (AvgIpc) is 2.78. The molecule has 5 rings (SSSR count). The SMILES string of the molecule is CC(=O)OC1CC2C(C)C(O)CCC2(C)C2C(O)c3c(cc(-c4cccnc4)oc3=O)OC12C. The lowest BCUT2D eigenvalue weighted by Gasteiger charge is -2.63. The standard InChI is InChI=1S/C26H31NO7/c1-13-16-10-20(32-14(2)28)26(4)23(25(16,3)8-7-17(13)29)22(30)21-19(34-26)11-18(33-24(21)31)15-6-5-9-27-12-15/h5-6,9,11-13,16-17,20,22-23,29-30H,7-8,10H2,1-4H3. The lowest BCUT2D eigenvalue weighted by Crippen LogP contribution is -2.69. The van der Waals surface area contributed by atoms with Gasteiger partial charge >= 0.3 is 11.6 Å². The Morgan fingerprint density at radius 3 is 2.74 bits per heavy atom. The summed E-state index contributed by atoms with van der Waals surface area (Å²) in [5, 5.41) is 22.3. The maximum Gasteiger partial charge on any atom is 0.345 e. The Labute approximate surface area is 197 Å².